The lowest BCUT2D eigenvalue weighted by molar-refractivity contribution is 0.0695. The molecule has 1 amide bonds. The van der Waals surface area contributed by atoms with E-state index in [-0.39, 0.29) is 17.8 Å². The van der Waals surface area contributed by atoms with Gasteiger partial charge in [0.2, 0.25) is 0 Å². The van der Waals surface area contributed by atoms with E-state index in [1.54, 1.807) is 12.1 Å². The first kappa shape index (κ1) is 12.5. The molecule has 0 fully saturated rings. The van der Waals surface area contributed by atoms with Crippen molar-refractivity contribution >= 4 is 5.91 Å². The minimum Gasteiger partial charge on any atom is -0.508 e. The molecule has 1 unspecified atom stereocenters. The molecule has 4 nitrogen and oxygen atoms in total. The van der Waals surface area contributed by atoms with Gasteiger partial charge in [0.1, 0.15) is 5.75 Å². The standard InChI is InChI=1S/C12H17NO3/c1-3-16-9(2)8-13-12(15)10-5-4-6-11(14)7-10/h4-7,9,14H,3,8H2,1-2H3,(H,13,15). The number of hydrogen-bond acceptors (Lipinski definition) is 3. The van der Waals surface area contributed by atoms with Gasteiger partial charge in [0.05, 0.1) is 6.10 Å². The van der Waals surface area contributed by atoms with Gasteiger partial charge in [0.25, 0.3) is 5.91 Å². The van der Waals surface area contributed by atoms with Gasteiger partial charge in [-0.15, -0.1) is 0 Å². The van der Waals surface area contributed by atoms with Gasteiger partial charge in [0, 0.05) is 18.7 Å². The van der Waals surface area contributed by atoms with Crippen molar-refractivity contribution in [1.29, 1.82) is 0 Å². The van der Waals surface area contributed by atoms with Crippen molar-refractivity contribution in [3.63, 3.8) is 0 Å². The maximum Gasteiger partial charge on any atom is 0.251 e. The summed E-state index contributed by atoms with van der Waals surface area (Å²) in [5, 5.41) is 12.0. The number of phenolic OH excluding ortho intramolecular Hbond substituents is 1. The van der Waals surface area contributed by atoms with Crippen molar-refractivity contribution in [2.45, 2.75) is 20.0 Å². The molecular formula is C12H17NO3. The average Bonchev–Trinajstić information content (AvgIpc) is 2.26. The van der Waals surface area contributed by atoms with Gasteiger partial charge in [-0.1, -0.05) is 6.07 Å². The number of phenols is 1. The van der Waals surface area contributed by atoms with Crippen molar-refractivity contribution in [3.05, 3.63) is 29.8 Å². The third-order valence-electron chi connectivity index (χ3n) is 2.11. The third kappa shape index (κ3) is 3.90. The molecule has 1 atom stereocenters. The summed E-state index contributed by atoms with van der Waals surface area (Å²) in [6, 6.07) is 6.25. The highest BCUT2D eigenvalue weighted by atomic mass is 16.5. The van der Waals surface area contributed by atoms with E-state index < -0.39 is 0 Å². The molecule has 0 radical (unpaired) electrons. The van der Waals surface area contributed by atoms with E-state index in [2.05, 4.69) is 5.32 Å². The smallest absolute Gasteiger partial charge is 0.251 e. The molecule has 1 aromatic carbocycles. The second-order valence-corrected chi connectivity index (χ2v) is 3.53. The lowest BCUT2D eigenvalue weighted by Crippen LogP contribution is -2.32. The molecule has 1 aromatic rings. The Labute approximate surface area is 95.2 Å². The highest BCUT2D eigenvalue weighted by molar-refractivity contribution is 5.94. The van der Waals surface area contributed by atoms with Crippen LogP contribution in [0.1, 0.15) is 24.2 Å². The molecule has 1 rings (SSSR count). The number of carbonyl (C=O) groups is 1. The Balaban J connectivity index is 2.47. The maximum absolute atomic E-state index is 11.6. The molecular weight excluding hydrogens is 206 g/mol. The molecule has 0 aliphatic carbocycles. The Bertz CT molecular complexity index is 352. The summed E-state index contributed by atoms with van der Waals surface area (Å²) in [4.78, 5) is 11.6. The minimum atomic E-state index is -0.206. The van der Waals surface area contributed by atoms with Gasteiger partial charge in [-0.05, 0) is 32.0 Å². The lowest BCUT2D eigenvalue weighted by Gasteiger charge is -2.12. The Hall–Kier alpha value is -1.55. The summed E-state index contributed by atoms with van der Waals surface area (Å²) in [5.41, 5.74) is 0.448. The summed E-state index contributed by atoms with van der Waals surface area (Å²) in [5.74, 6) is -0.118. The van der Waals surface area contributed by atoms with Crippen LogP contribution in [0.15, 0.2) is 24.3 Å². The summed E-state index contributed by atoms with van der Waals surface area (Å²) in [7, 11) is 0. The Morgan fingerprint density at radius 2 is 2.31 bits per heavy atom. The molecule has 0 aliphatic heterocycles. The average molecular weight is 223 g/mol. The maximum atomic E-state index is 11.6. The first-order valence-electron chi connectivity index (χ1n) is 5.32. The van der Waals surface area contributed by atoms with Crippen LogP contribution in [0.25, 0.3) is 0 Å². The van der Waals surface area contributed by atoms with Crippen molar-refractivity contribution < 1.29 is 14.6 Å². The molecule has 0 heterocycles. The van der Waals surface area contributed by atoms with Gasteiger partial charge in [0.15, 0.2) is 0 Å². The number of nitrogens with one attached hydrogen (secondary N) is 1. The lowest BCUT2D eigenvalue weighted by atomic mass is 10.2. The summed E-state index contributed by atoms with van der Waals surface area (Å²) < 4.78 is 5.29. The van der Waals surface area contributed by atoms with Crippen LogP contribution in [-0.4, -0.2) is 30.3 Å². The molecule has 0 spiro atoms. The number of carbonyl (C=O) groups excluding carboxylic acids is 1. The van der Waals surface area contributed by atoms with Crippen molar-refractivity contribution in [2.75, 3.05) is 13.2 Å². The highest BCUT2D eigenvalue weighted by Crippen LogP contribution is 2.10. The van der Waals surface area contributed by atoms with E-state index in [4.69, 9.17) is 4.74 Å². The normalized spacial score (nSPS) is 12.1. The Kier molecular flexibility index (Phi) is 4.79. The molecule has 0 saturated carbocycles. The van der Waals surface area contributed by atoms with Crippen LogP contribution in [0.5, 0.6) is 5.75 Å². The molecule has 0 aromatic heterocycles. The fourth-order valence-corrected chi connectivity index (χ4v) is 1.33. The van der Waals surface area contributed by atoms with E-state index in [9.17, 15) is 9.90 Å². The highest BCUT2D eigenvalue weighted by Gasteiger charge is 2.07. The SMILES string of the molecule is CCOC(C)CNC(=O)c1cccc(O)c1. The number of hydrogen-bond donors (Lipinski definition) is 2. The van der Waals surface area contributed by atoms with Crippen LogP contribution in [-0.2, 0) is 4.74 Å². The van der Waals surface area contributed by atoms with E-state index in [0.717, 1.165) is 0 Å². The first-order valence-corrected chi connectivity index (χ1v) is 5.32. The largest absolute Gasteiger partial charge is 0.508 e. The van der Waals surface area contributed by atoms with E-state index in [1.165, 1.54) is 12.1 Å². The second-order valence-electron chi connectivity index (χ2n) is 3.53. The van der Waals surface area contributed by atoms with Crippen LogP contribution in [0.4, 0.5) is 0 Å². The predicted octanol–water partition coefficient (Wildman–Crippen LogP) is 1.55. The van der Waals surface area contributed by atoms with Crippen LogP contribution >= 0.6 is 0 Å². The number of ether oxygens (including phenoxy) is 1. The minimum absolute atomic E-state index is 0.00809. The monoisotopic (exact) mass is 223 g/mol. The Morgan fingerprint density at radius 3 is 2.94 bits per heavy atom. The molecule has 0 saturated heterocycles. The number of rotatable bonds is 5. The topological polar surface area (TPSA) is 58.6 Å². The van der Waals surface area contributed by atoms with Crippen molar-refractivity contribution in [3.8, 4) is 5.75 Å². The molecule has 0 bridgehead atoms. The predicted molar refractivity (Wildman–Crippen MR) is 61.5 cm³/mol. The molecule has 88 valence electrons. The van der Waals surface area contributed by atoms with Gasteiger partial charge >= 0.3 is 0 Å². The van der Waals surface area contributed by atoms with Crippen LogP contribution in [0.3, 0.4) is 0 Å². The fourth-order valence-electron chi connectivity index (χ4n) is 1.33. The van der Waals surface area contributed by atoms with E-state index in [0.29, 0.717) is 18.7 Å². The van der Waals surface area contributed by atoms with Gasteiger partial charge in [-0.25, -0.2) is 0 Å². The zero-order valence-corrected chi connectivity index (χ0v) is 9.56. The quantitative estimate of drug-likeness (QED) is 0.796. The van der Waals surface area contributed by atoms with Crippen LogP contribution in [0, 0.1) is 0 Å². The first-order chi connectivity index (χ1) is 7.63. The summed E-state index contributed by atoms with van der Waals surface area (Å²) in [6.07, 6.45) is -0.00809. The summed E-state index contributed by atoms with van der Waals surface area (Å²) in [6.45, 7) is 4.89. The number of aromatic hydroxyl groups is 1. The molecule has 16 heavy (non-hydrogen) atoms. The van der Waals surface area contributed by atoms with E-state index >= 15 is 0 Å². The Morgan fingerprint density at radius 1 is 1.56 bits per heavy atom. The second kappa shape index (κ2) is 6.12. The van der Waals surface area contributed by atoms with E-state index in [1.807, 2.05) is 13.8 Å². The van der Waals surface area contributed by atoms with Crippen molar-refractivity contribution in [1.82, 2.24) is 5.32 Å². The molecule has 4 heteroatoms. The number of amides is 1. The van der Waals surface area contributed by atoms with Gasteiger partial charge in [-0.2, -0.15) is 0 Å². The molecule has 0 aliphatic rings. The van der Waals surface area contributed by atoms with Gasteiger partial charge < -0.3 is 15.2 Å². The number of benzene rings is 1. The zero-order chi connectivity index (χ0) is 12.0. The van der Waals surface area contributed by atoms with Gasteiger partial charge in [-0.3, -0.25) is 4.79 Å². The summed E-state index contributed by atoms with van der Waals surface area (Å²) >= 11 is 0. The van der Waals surface area contributed by atoms with Crippen LogP contribution in [0.2, 0.25) is 0 Å². The zero-order valence-electron chi connectivity index (χ0n) is 9.56. The molecule has 2 N–H and O–H groups in total. The van der Waals surface area contributed by atoms with Crippen molar-refractivity contribution in [2.24, 2.45) is 0 Å². The van der Waals surface area contributed by atoms with Crippen LogP contribution < -0.4 is 5.32 Å². The fraction of sp³-hybridized carbons (Fsp3) is 0.417. The third-order valence-corrected chi connectivity index (χ3v) is 2.11.